The number of halogens is 2. The Morgan fingerprint density at radius 2 is 1.88 bits per heavy atom. The van der Waals surface area contributed by atoms with Crippen molar-refractivity contribution in [2.45, 2.75) is 25.8 Å². The summed E-state index contributed by atoms with van der Waals surface area (Å²) in [5.41, 5.74) is 0.935. The quantitative estimate of drug-likeness (QED) is 0.882. The van der Waals surface area contributed by atoms with Crippen LogP contribution < -0.4 is 0 Å². The van der Waals surface area contributed by atoms with Gasteiger partial charge in [-0.05, 0) is 44.1 Å². The van der Waals surface area contributed by atoms with Gasteiger partial charge in [-0.25, -0.2) is 0 Å². The van der Waals surface area contributed by atoms with Crippen LogP contribution in [-0.2, 0) is 6.54 Å². The molecule has 0 atom stereocenters. The molecule has 0 saturated carbocycles. The predicted molar refractivity (Wildman–Crippen MR) is 69.5 cm³/mol. The number of piperidine rings is 1. The van der Waals surface area contributed by atoms with Crippen LogP contribution in [-0.4, -0.2) is 23.1 Å². The molecule has 4 heteroatoms. The van der Waals surface area contributed by atoms with Crippen molar-refractivity contribution in [2.24, 2.45) is 0 Å². The van der Waals surface area contributed by atoms with Gasteiger partial charge in [-0.1, -0.05) is 18.0 Å². The van der Waals surface area contributed by atoms with E-state index in [4.69, 9.17) is 11.6 Å². The van der Waals surface area contributed by atoms with E-state index in [2.05, 4.69) is 4.90 Å². The number of benzene rings is 1. The molecule has 1 fully saturated rings. The van der Waals surface area contributed by atoms with E-state index in [1.807, 2.05) is 6.07 Å². The topological polar surface area (TPSA) is 23.5 Å². The van der Waals surface area contributed by atoms with Crippen molar-refractivity contribution < 1.29 is 5.11 Å². The Morgan fingerprint density at radius 1 is 1.19 bits per heavy atom. The molecule has 0 bridgehead atoms. The Balaban J connectivity index is 0.00000128. The maximum absolute atomic E-state index is 9.68. The Labute approximate surface area is 108 Å². The first-order chi connectivity index (χ1) is 7.25. The summed E-state index contributed by atoms with van der Waals surface area (Å²) in [6.45, 7) is 3.07. The van der Waals surface area contributed by atoms with Crippen LogP contribution in [0.3, 0.4) is 0 Å². The lowest BCUT2D eigenvalue weighted by molar-refractivity contribution is 0.218. The maximum Gasteiger partial charge on any atom is 0.120 e. The zero-order valence-corrected chi connectivity index (χ0v) is 10.7. The van der Waals surface area contributed by atoms with Crippen LogP contribution in [0.4, 0.5) is 0 Å². The molecule has 1 N–H and O–H groups in total. The summed E-state index contributed by atoms with van der Waals surface area (Å²) in [5, 5.41) is 10.4. The fourth-order valence-corrected chi connectivity index (χ4v) is 2.23. The van der Waals surface area contributed by atoms with E-state index in [9.17, 15) is 5.11 Å². The minimum atomic E-state index is 0. The summed E-state index contributed by atoms with van der Waals surface area (Å²) in [6.07, 6.45) is 3.86. The minimum Gasteiger partial charge on any atom is -0.508 e. The first kappa shape index (κ1) is 13.6. The smallest absolute Gasteiger partial charge is 0.120 e. The number of phenolic OH excluding ortho intramolecular Hbond substituents is 1. The van der Waals surface area contributed by atoms with Gasteiger partial charge in [0, 0.05) is 17.1 Å². The van der Waals surface area contributed by atoms with E-state index in [0.29, 0.717) is 10.8 Å². The summed E-state index contributed by atoms with van der Waals surface area (Å²) in [4.78, 5) is 2.37. The molecule has 1 aliphatic heterocycles. The second-order valence-electron chi connectivity index (χ2n) is 4.11. The SMILES string of the molecule is Cl.Oc1ccc(Cl)cc1CN1CCCCC1. The van der Waals surface area contributed by atoms with Gasteiger partial charge in [0.2, 0.25) is 0 Å². The van der Waals surface area contributed by atoms with Crippen molar-refractivity contribution in [1.29, 1.82) is 0 Å². The zero-order valence-electron chi connectivity index (χ0n) is 9.16. The Bertz CT molecular complexity index is 338. The number of rotatable bonds is 2. The van der Waals surface area contributed by atoms with E-state index in [1.54, 1.807) is 12.1 Å². The van der Waals surface area contributed by atoms with Crippen LogP contribution >= 0.6 is 24.0 Å². The summed E-state index contributed by atoms with van der Waals surface area (Å²) in [6, 6.07) is 5.24. The first-order valence-corrected chi connectivity index (χ1v) is 5.83. The van der Waals surface area contributed by atoms with Crippen molar-refractivity contribution in [2.75, 3.05) is 13.1 Å². The van der Waals surface area contributed by atoms with E-state index in [-0.39, 0.29) is 12.4 Å². The fraction of sp³-hybridized carbons (Fsp3) is 0.500. The average molecular weight is 262 g/mol. The minimum absolute atomic E-state index is 0. The maximum atomic E-state index is 9.68. The zero-order chi connectivity index (χ0) is 10.7. The lowest BCUT2D eigenvalue weighted by atomic mass is 10.1. The van der Waals surface area contributed by atoms with Crippen LogP contribution in [0.25, 0.3) is 0 Å². The second-order valence-corrected chi connectivity index (χ2v) is 4.55. The van der Waals surface area contributed by atoms with Gasteiger partial charge in [0.25, 0.3) is 0 Å². The lowest BCUT2D eigenvalue weighted by Gasteiger charge is -2.26. The Hall–Kier alpha value is -0.440. The molecule has 2 rings (SSSR count). The molecule has 16 heavy (non-hydrogen) atoms. The van der Waals surface area contributed by atoms with E-state index in [1.165, 1.54) is 19.3 Å². The highest BCUT2D eigenvalue weighted by atomic mass is 35.5. The van der Waals surface area contributed by atoms with E-state index in [0.717, 1.165) is 25.2 Å². The molecule has 1 aromatic carbocycles. The molecule has 0 unspecified atom stereocenters. The molecule has 1 aliphatic rings. The highest BCUT2D eigenvalue weighted by molar-refractivity contribution is 6.30. The fourth-order valence-electron chi connectivity index (χ4n) is 2.04. The molecule has 1 aromatic rings. The number of hydrogen-bond acceptors (Lipinski definition) is 2. The average Bonchev–Trinajstić information content (AvgIpc) is 2.25. The van der Waals surface area contributed by atoms with Crippen molar-refractivity contribution >= 4 is 24.0 Å². The Morgan fingerprint density at radius 3 is 2.56 bits per heavy atom. The third-order valence-corrected chi connectivity index (χ3v) is 3.12. The van der Waals surface area contributed by atoms with Crippen molar-refractivity contribution in [3.8, 4) is 5.75 Å². The molecule has 0 spiro atoms. The van der Waals surface area contributed by atoms with E-state index >= 15 is 0 Å². The van der Waals surface area contributed by atoms with Gasteiger partial charge < -0.3 is 5.11 Å². The van der Waals surface area contributed by atoms with Crippen molar-refractivity contribution in [3.63, 3.8) is 0 Å². The van der Waals surface area contributed by atoms with Gasteiger partial charge >= 0.3 is 0 Å². The van der Waals surface area contributed by atoms with Gasteiger partial charge in [0.1, 0.15) is 5.75 Å². The molecule has 0 aromatic heterocycles. The van der Waals surface area contributed by atoms with Gasteiger partial charge in [-0.15, -0.1) is 12.4 Å². The summed E-state index contributed by atoms with van der Waals surface area (Å²) in [7, 11) is 0. The normalized spacial score (nSPS) is 16.8. The molecule has 1 saturated heterocycles. The molecule has 90 valence electrons. The summed E-state index contributed by atoms with van der Waals surface area (Å²) >= 11 is 5.90. The van der Waals surface area contributed by atoms with Crippen LogP contribution in [0.15, 0.2) is 18.2 Å². The number of hydrogen-bond donors (Lipinski definition) is 1. The molecule has 0 radical (unpaired) electrons. The highest BCUT2D eigenvalue weighted by Crippen LogP contribution is 2.24. The third-order valence-electron chi connectivity index (χ3n) is 2.88. The second kappa shape index (κ2) is 6.33. The predicted octanol–water partition coefficient (Wildman–Crippen LogP) is 3.45. The number of phenols is 1. The molecule has 1 heterocycles. The van der Waals surface area contributed by atoms with Gasteiger partial charge in [0.05, 0.1) is 0 Å². The van der Waals surface area contributed by atoms with Gasteiger partial charge in [0.15, 0.2) is 0 Å². The largest absolute Gasteiger partial charge is 0.508 e. The van der Waals surface area contributed by atoms with Crippen LogP contribution in [0, 0.1) is 0 Å². The summed E-state index contributed by atoms with van der Waals surface area (Å²) < 4.78 is 0. The van der Waals surface area contributed by atoms with Gasteiger partial charge in [-0.3, -0.25) is 4.90 Å². The van der Waals surface area contributed by atoms with Crippen LogP contribution in [0.2, 0.25) is 5.02 Å². The monoisotopic (exact) mass is 261 g/mol. The standard InChI is InChI=1S/C12H16ClNO.ClH/c13-11-4-5-12(15)10(8-11)9-14-6-2-1-3-7-14;/h4-5,8,15H,1-3,6-7,9H2;1H. The Kier molecular flexibility index (Phi) is 5.39. The molecule has 0 amide bonds. The van der Waals surface area contributed by atoms with Crippen molar-refractivity contribution in [3.05, 3.63) is 28.8 Å². The molecule has 2 nitrogen and oxygen atoms in total. The third kappa shape index (κ3) is 3.55. The van der Waals surface area contributed by atoms with Crippen LogP contribution in [0.1, 0.15) is 24.8 Å². The van der Waals surface area contributed by atoms with Crippen LogP contribution in [0.5, 0.6) is 5.75 Å². The molecular weight excluding hydrogens is 245 g/mol. The van der Waals surface area contributed by atoms with Gasteiger partial charge in [-0.2, -0.15) is 0 Å². The first-order valence-electron chi connectivity index (χ1n) is 5.45. The van der Waals surface area contributed by atoms with E-state index < -0.39 is 0 Å². The number of aromatic hydroxyl groups is 1. The highest BCUT2D eigenvalue weighted by Gasteiger charge is 2.12. The summed E-state index contributed by atoms with van der Waals surface area (Å²) in [5.74, 6) is 0.352. The molecular formula is C12H17Cl2NO. The van der Waals surface area contributed by atoms with Crippen molar-refractivity contribution in [1.82, 2.24) is 4.90 Å². The lowest BCUT2D eigenvalue weighted by Crippen LogP contribution is -2.29. The number of nitrogens with zero attached hydrogens (tertiary/aromatic N) is 1. The number of likely N-dealkylation sites (tertiary alicyclic amines) is 1. The molecule has 0 aliphatic carbocycles.